The number of carbonyl (C=O) groups excluding carboxylic acids is 1. The molecule has 1 atom stereocenters. The molecular weight excluding hydrogens is 293 g/mol. The van der Waals surface area contributed by atoms with Crippen LogP contribution in [0.3, 0.4) is 0 Å². The molecule has 0 radical (unpaired) electrons. The smallest absolute Gasteiger partial charge is 0.208 e. The highest BCUT2D eigenvalue weighted by Gasteiger charge is 2.39. The normalized spacial score (nSPS) is 19.1. The molecule has 0 aliphatic carbocycles. The molecule has 0 fully saturated rings. The summed E-state index contributed by atoms with van der Waals surface area (Å²) in [7, 11) is -3.27. The van der Waals surface area contributed by atoms with Crippen molar-refractivity contribution < 1.29 is 9.36 Å². The Balaban J connectivity index is 2.11. The van der Waals surface area contributed by atoms with Crippen molar-refractivity contribution in [2.24, 2.45) is 0 Å². The van der Waals surface area contributed by atoms with Gasteiger partial charge in [0.2, 0.25) is 7.14 Å². The summed E-state index contributed by atoms with van der Waals surface area (Å²) in [6, 6.07) is 19.1. The molecule has 0 unspecified atom stereocenters. The van der Waals surface area contributed by atoms with Crippen LogP contribution >= 0.6 is 7.14 Å². The molecular formula is C18H14NO2P. The minimum absolute atomic E-state index is 0.280. The predicted octanol–water partition coefficient (Wildman–Crippen LogP) is 3.76. The number of fused-ring (bicyclic) bond motifs is 3. The lowest BCUT2D eigenvalue weighted by Crippen LogP contribution is -2.29. The molecule has 0 amide bonds. The Labute approximate surface area is 128 Å². The fourth-order valence-corrected chi connectivity index (χ4v) is 5.54. The van der Waals surface area contributed by atoms with E-state index in [0.29, 0.717) is 10.6 Å². The minimum Gasteiger partial charge on any atom is -0.354 e. The number of benzene rings is 3. The first-order valence-corrected chi connectivity index (χ1v) is 8.82. The Bertz CT molecular complexity index is 978. The van der Waals surface area contributed by atoms with Gasteiger partial charge in [-0.3, -0.25) is 4.79 Å². The van der Waals surface area contributed by atoms with Crippen molar-refractivity contribution in [3.05, 3.63) is 60.7 Å². The molecule has 4 heteroatoms. The highest BCUT2D eigenvalue weighted by atomic mass is 31.2. The van der Waals surface area contributed by atoms with Gasteiger partial charge in [-0.2, -0.15) is 0 Å². The average molecular weight is 307 g/mol. The summed E-state index contributed by atoms with van der Waals surface area (Å²) in [6.45, 7) is 1.42. The van der Waals surface area contributed by atoms with E-state index in [4.69, 9.17) is 0 Å². The maximum atomic E-state index is 13.6. The summed E-state index contributed by atoms with van der Waals surface area (Å²) >= 11 is 0. The fourth-order valence-electron chi connectivity index (χ4n) is 3.06. The summed E-state index contributed by atoms with van der Waals surface area (Å²) in [5.41, 5.74) is 1.23. The molecule has 1 aliphatic heterocycles. The zero-order valence-corrected chi connectivity index (χ0v) is 12.9. The number of anilines is 2. The third kappa shape index (κ3) is 1.69. The second-order valence-electron chi connectivity index (χ2n) is 5.49. The standard InChI is InChI=1S/C18H14NO2P/c1-12(20)22(21)17-9-5-4-8-15(17)19-16-10-13-6-2-3-7-14(13)11-18(16)22/h2-11,19H,1H3/t22-/m1/s1. The number of para-hydroxylation sites is 1. The molecule has 1 heterocycles. The monoisotopic (exact) mass is 307 g/mol. The van der Waals surface area contributed by atoms with Crippen molar-refractivity contribution in [2.75, 3.05) is 5.32 Å². The fraction of sp³-hybridized carbons (Fsp3) is 0.0556. The Morgan fingerprint density at radius 2 is 1.50 bits per heavy atom. The molecule has 3 aromatic carbocycles. The van der Waals surface area contributed by atoms with Crippen molar-refractivity contribution in [1.29, 1.82) is 0 Å². The van der Waals surface area contributed by atoms with Gasteiger partial charge < -0.3 is 9.88 Å². The predicted molar refractivity (Wildman–Crippen MR) is 91.2 cm³/mol. The first kappa shape index (κ1) is 13.3. The number of carbonyl (C=O) groups is 1. The molecule has 22 heavy (non-hydrogen) atoms. The van der Waals surface area contributed by atoms with Crippen LogP contribution < -0.4 is 15.9 Å². The molecule has 1 N–H and O–H groups in total. The van der Waals surface area contributed by atoms with Crippen LogP contribution in [0.1, 0.15) is 6.92 Å². The van der Waals surface area contributed by atoms with Gasteiger partial charge in [-0.25, -0.2) is 0 Å². The van der Waals surface area contributed by atoms with Crippen LogP contribution in [0.4, 0.5) is 11.4 Å². The van der Waals surface area contributed by atoms with Crippen LogP contribution in [0, 0.1) is 0 Å². The van der Waals surface area contributed by atoms with Crippen LogP contribution in [-0.2, 0) is 9.36 Å². The molecule has 3 nitrogen and oxygen atoms in total. The maximum Gasteiger partial charge on any atom is 0.208 e. The number of hydrogen-bond donors (Lipinski definition) is 1. The van der Waals surface area contributed by atoms with Crippen molar-refractivity contribution >= 4 is 45.4 Å². The van der Waals surface area contributed by atoms with E-state index in [1.165, 1.54) is 6.92 Å². The second-order valence-corrected chi connectivity index (χ2v) is 8.30. The third-order valence-electron chi connectivity index (χ3n) is 4.16. The molecule has 0 saturated heterocycles. The van der Waals surface area contributed by atoms with Crippen LogP contribution in [0.2, 0.25) is 0 Å². The molecule has 3 aromatic rings. The van der Waals surface area contributed by atoms with Gasteiger partial charge in [0.05, 0.1) is 11.4 Å². The quantitative estimate of drug-likeness (QED) is 0.696. The van der Waals surface area contributed by atoms with Gasteiger partial charge in [0.15, 0.2) is 5.52 Å². The second kappa shape index (κ2) is 4.56. The number of rotatable bonds is 1. The zero-order valence-electron chi connectivity index (χ0n) is 12.0. The van der Waals surface area contributed by atoms with Gasteiger partial charge in [-0.1, -0.05) is 36.4 Å². The third-order valence-corrected chi connectivity index (χ3v) is 7.16. The lowest BCUT2D eigenvalue weighted by atomic mass is 10.1. The Morgan fingerprint density at radius 3 is 2.23 bits per heavy atom. The SMILES string of the molecule is CC(=O)[P@@]1(=O)c2ccccc2Nc2cc3ccccc3cc21. The Kier molecular flexibility index (Phi) is 2.75. The first-order valence-electron chi connectivity index (χ1n) is 7.12. The number of hydrogen-bond acceptors (Lipinski definition) is 3. The average Bonchev–Trinajstić information content (AvgIpc) is 2.53. The summed E-state index contributed by atoms with van der Waals surface area (Å²) < 4.78 is 13.6. The largest absolute Gasteiger partial charge is 0.354 e. The first-order chi connectivity index (χ1) is 10.6. The Morgan fingerprint density at radius 1 is 0.864 bits per heavy atom. The minimum atomic E-state index is -3.27. The highest BCUT2D eigenvalue weighted by Crippen LogP contribution is 2.51. The molecule has 0 aromatic heterocycles. The topological polar surface area (TPSA) is 46.2 Å². The van der Waals surface area contributed by atoms with Crippen molar-refractivity contribution in [3.63, 3.8) is 0 Å². The summed E-state index contributed by atoms with van der Waals surface area (Å²) in [5, 5.41) is 6.58. The molecule has 0 spiro atoms. The van der Waals surface area contributed by atoms with E-state index in [0.717, 1.165) is 22.1 Å². The van der Waals surface area contributed by atoms with Gasteiger partial charge in [-0.15, -0.1) is 0 Å². The van der Waals surface area contributed by atoms with Crippen LogP contribution in [-0.4, -0.2) is 5.52 Å². The van der Waals surface area contributed by atoms with Crippen LogP contribution in [0.25, 0.3) is 10.8 Å². The molecule has 1 aliphatic rings. The lowest BCUT2D eigenvalue weighted by molar-refractivity contribution is -0.109. The van der Waals surface area contributed by atoms with Gasteiger partial charge >= 0.3 is 0 Å². The van der Waals surface area contributed by atoms with Crippen LogP contribution in [0.15, 0.2) is 60.7 Å². The highest BCUT2D eigenvalue weighted by molar-refractivity contribution is 7.93. The van der Waals surface area contributed by atoms with Gasteiger partial charge in [-0.05, 0) is 35.0 Å². The van der Waals surface area contributed by atoms with E-state index in [9.17, 15) is 9.36 Å². The van der Waals surface area contributed by atoms with Crippen molar-refractivity contribution in [3.8, 4) is 0 Å². The molecule has 0 saturated carbocycles. The van der Waals surface area contributed by atoms with Gasteiger partial charge in [0.25, 0.3) is 0 Å². The van der Waals surface area contributed by atoms with E-state index in [1.54, 1.807) is 6.07 Å². The molecule has 4 rings (SSSR count). The lowest BCUT2D eigenvalue weighted by Gasteiger charge is -2.28. The summed E-state index contributed by atoms with van der Waals surface area (Å²) in [6.07, 6.45) is 0. The van der Waals surface area contributed by atoms with Crippen LogP contribution in [0.5, 0.6) is 0 Å². The van der Waals surface area contributed by atoms with E-state index in [-0.39, 0.29) is 5.52 Å². The maximum absolute atomic E-state index is 13.6. The zero-order chi connectivity index (χ0) is 15.3. The van der Waals surface area contributed by atoms with E-state index in [2.05, 4.69) is 5.32 Å². The summed E-state index contributed by atoms with van der Waals surface area (Å²) in [4.78, 5) is 12.3. The van der Waals surface area contributed by atoms with E-state index in [1.807, 2.05) is 54.6 Å². The number of nitrogens with one attached hydrogen (secondary N) is 1. The van der Waals surface area contributed by atoms with E-state index < -0.39 is 7.14 Å². The van der Waals surface area contributed by atoms with E-state index >= 15 is 0 Å². The van der Waals surface area contributed by atoms with Crippen molar-refractivity contribution in [2.45, 2.75) is 6.92 Å². The summed E-state index contributed by atoms with van der Waals surface area (Å²) in [5.74, 6) is 0. The molecule has 0 bridgehead atoms. The van der Waals surface area contributed by atoms with Gasteiger partial charge in [0, 0.05) is 17.5 Å². The van der Waals surface area contributed by atoms with Gasteiger partial charge in [0.1, 0.15) is 0 Å². The Hall–Kier alpha value is -2.38. The van der Waals surface area contributed by atoms with Crippen molar-refractivity contribution in [1.82, 2.24) is 0 Å². The molecule has 108 valence electrons.